The molecule has 2 atom stereocenters. The minimum atomic E-state index is 0.0624. The molecule has 1 saturated heterocycles. The van der Waals surface area contributed by atoms with E-state index in [0.29, 0.717) is 5.92 Å². The summed E-state index contributed by atoms with van der Waals surface area (Å²) in [5.74, 6) is 0.612. The fourth-order valence-electron chi connectivity index (χ4n) is 3.17. The van der Waals surface area contributed by atoms with E-state index in [9.17, 15) is 0 Å². The van der Waals surface area contributed by atoms with Crippen molar-refractivity contribution in [3.05, 3.63) is 0 Å². The Kier molecular flexibility index (Phi) is 3.54. The molecule has 3 heteroatoms. The number of hydrogen-bond acceptors (Lipinski definition) is 3. The van der Waals surface area contributed by atoms with Gasteiger partial charge >= 0.3 is 0 Å². The van der Waals surface area contributed by atoms with E-state index < -0.39 is 0 Å². The van der Waals surface area contributed by atoms with Gasteiger partial charge < -0.3 is 15.4 Å². The summed E-state index contributed by atoms with van der Waals surface area (Å²) in [5, 5.41) is 0. The molecule has 2 aliphatic rings. The zero-order chi connectivity index (χ0) is 12.7. The van der Waals surface area contributed by atoms with Crippen LogP contribution in [0.15, 0.2) is 0 Å². The Labute approximate surface area is 106 Å². The summed E-state index contributed by atoms with van der Waals surface area (Å²) in [7, 11) is 4.25. The van der Waals surface area contributed by atoms with Gasteiger partial charge in [0.25, 0.3) is 0 Å². The molecule has 0 aromatic carbocycles. The number of nitrogens with zero attached hydrogens (tertiary/aromatic N) is 1. The molecule has 2 N–H and O–H groups in total. The highest BCUT2D eigenvalue weighted by atomic mass is 16.5. The van der Waals surface area contributed by atoms with Crippen LogP contribution in [0.1, 0.15) is 46.0 Å². The van der Waals surface area contributed by atoms with Crippen molar-refractivity contribution >= 4 is 0 Å². The number of likely N-dealkylation sites (N-methyl/N-ethyl adjacent to an activating group) is 1. The summed E-state index contributed by atoms with van der Waals surface area (Å²) < 4.78 is 5.99. The van der Waals surface area contributed by atoms with Crippen molar-refractivity contribution in [3.63, 3.8) is 0 Å². The van der Waals surface area contributed by atoms with E-state index in [1.807, 2.05) is 0 Å². The van der Waals surface area contributed by atoms with Gasteiger partial charge in [-0.25, -0.2) is 0 Å². The maximum Gasteiger partial charge on any atom is 0.0685 e. The Balaban J connectivity index is 2.01. The van der Waals surface area contributed by atoms with E-state index in [1.54, 1.807) is 0 Å². The largest absolute Gasteiger partial charge is 0.375 e. The molecule has 1 saturated carbocycles. The Morgan fingerprint density at radius 3 is 2.47 bits per heavy atom. The highest BCUT2D eigenvalue weighted by Gasteiger charge is 2.46. The maximum absolute atomic E-state index is 6.53. The monoisotopic (exact) mass is 240 g/mol. The third kappa shape index (κ3) is 2.38. The Morgan fingerprint density at radius 2 is 2.00 bits per heavy atom. The summed E-state index contributed by atoms with van der Waals surface area (Å²) in [4.78, 5) is 2.25. The van der Waals surface area contributed by atoms with E-state index in [4.69, 9.17) is 10.5 Å². The van der Waals surface area contributed by atoms with Gasteiger partial charge in [-0.2, -0.15) is 0 Å². The van der Waals surface area contributed by atoms with Crippen LogP contribution in [0.3, 0.4) is 0 Å². The normalized spacial score (nSPS) is 30.4. The maximum atomic E-state index is 6.53. The molecule has 1 spiro atoms. The first kappa shape index (κ1) is 13.3. The van der Waals surface area contributed by atoms with Crippen molar-refractivity contribution in [1.82, 2.24) is 4.90 Å². The van der Waals surface area contributed by atoms with E-state index in [2.05, 4.69) is 32.8 Å². The lowest BCUT2D eigenvalue weighted by atomic mass is 9.68. The Bertz CT molecular complexity index is 271. The average Bonchev–Trinajstić information content (AvgIpc) is 2.26. The lowest BCUT2D eigenvalue weighted by Gasteiger charge is -2.51. The lowest BCUT2D eigenvalue weighted by molar-refractivity contribution is -0.149. The second kappa shape index (κ2) is 4.52. The molecule has 2 fully saturated rings. The first-order valence-corrected chi connectivity index (χ1v) is 6.94. The van der Waals surface area contributed by atoms with Crippen LogP contribution < -0.4 is 5.73 Å². The molecule has 2 rings (SSSR count). The van der Waals surface area contributed by atoms with E-state index >= 15 is 0 Å². The van der Waals surface area contributed by atoms with Crippen LogP contribution in [0.4, 0.5) is 0 Å². The average molecular weight is 240 g/mol. The van der Waals surface area contributed by atoms with Crippen molar-refractivity contribution in [1.29, 1.82) is 0 Å². The van der Waals surface area contributed by atoms with Crippen molar-refractivity contribution in [2.45, 2.75) is 63.1 Å². The molecule has 0 aromatic rings. The van der Waals surface area contributed by atoms with Crippen LogP contribution in [0, 0.1) is 5.92 Å². The minimum Gasteiger partial charge on any atom is -0.375 e. The van der Waals surface area contributed by atoms with Gasteiger partial charge in [0.15, 0.2) is 0 Å². The Morgan fingerprint density at radius 1 is 1.35 bits per heavy atom. The molecular weight excluding hydrogens is 212 g/mol. The van der Waals surface area contributed by atoms with Gasteiger partial charge in [-0.1, -0.05) is 0 Å². The molecule has 0 amide bonds. The van der Waals surface area contributed by atoms with Gasteiger partial charge in [-0.15, -0.1) is 0 Å². The molecule has 1 aliphatic carbocycles. The molecular formula is C14H28N2O. The standard InChI is InChI=1S/C14H28N2O/c1-13(2,16(3)4)12(15)11-6-9-17-14(10-11)7-5-8-14/h11-12H,5-10,15H2,1-4H3. The first-order valence-electron chi connectivity index (χ1n) is 6.94. The third-order valence-electron chi connectivity index (χ3n) is 5.27. The van der Waals surface area contributed by atoms with Gasteiger partial charge in [0.05, 0.1) is 5.60 Å². The van der Waals surface area contributed by atoms with Crippen molar-refractivity contribution in [3.8, 4) is 0 Å². The van der Waals surface area contributed by atoms with Gasteiger partial charge in [-0.05, 0) is 66.0 Å². The predicted octanol–water partition coefficient (Wildman–Crippen LogP) is 2.00. The molecule has 0 aromatic heterocycles. The van der Waals surface area contributed by atoms with Crippen LogP contribution in [0.2, 0.25) is 0 Å². The summed E-state index contributed by atoms with van der Waals surface area (Å²) >= 11 is 0. The molecule has 1 aliphatic heterocycles. The van der Waals surface area contributed by atoms with E-state index in [1.165, 1.54) is 25.7 Å². The van der Waals surface area contributed by atoms with Crippen LogP contribution in [-0.2, 0) is 4.74 Å². The van der Waals surface area contributed by atoms with Gasteiger partial charge in [0, 0.05) is 18.2 Å². The number of ether oxygens (including phenoxy) is 1. The molecule has 2 unspecified atom stereocenters. The summed E-state index contributed by atoms with van der Waals surface area (Å²) in [6, 6.07) is 0.235. The highest BCUT2D eigenvalue weighted by Crippen LogP contribution is 2.45. The molecule has 100 valence electrons. The Hall–Kier alpha value is -0.120. The summed E-state index contributed by atoms with van der Waals surface area (Å²) in [5.41, 5.74) is 6.80. The number of hydrogen-bond donors (Lipinski definition) is 1. The fraction of sp³-hybridized carbons (Fsp3) is 1.00. The number of nitrogens with two attached hydrogens (primary N) is 1. The smallest absolute Gasteiger partial charge is 0.0685 e. The molecule has 17 heavy (non-hydrogen) atoms. The number of rotatable bonds is 3. The molecule has 0 bridgehead atoms. The molecule has 3 nitrogen and oxygen atoms in total. The fourth-order valence-corrected chi connectivity index (χ4v) is 3.17. The highest BCUT2D eigenvalue weighted by molar-refractivity contribution is 5.01. The minimum absolute atomic E-state index is 0.0624. The molecule has 0 radical (unpaired) electrons. The predicted molar refractivity (Wildman–Crippen MR) is 71.0 cm³/mol. The quantitative estimate of drug-likeness (QED) is 0.820. The van der Waals surface area contributed by atoms with Crippen LogP contribution in [0.5, 0.6) is 0 Å². The van der Waals surface area contributed by atoms with E-state index in [0.717, 1.165) is 13.0 Å². The third-order valence-corrected chi connectivity index (χ3v) is 5.27. The topological polar surface area (TPSA) is 38.5 Å². The second-order valence-corrected chi connectivity index (χ2v) is 6.71. The van der Waals surface area contributed by atoms with Gasteiger partial charge in [0.1, 0.15) is 0 Å². The van der Waals surface area contributed by atoms with Crippen LogP contribution >= 0.6 is 0 Å². The molecule has 1 heterocycles. The second-order valence-electron chi connectivity index (χ2n) is 6.71. The SMILES string of the molecule is CN(C)C(C)(C)C(N)C1CCOC2(CCC2)C1. The van der Waals surface area contributed by atoms with Gasteiger partial charge in [-0.3, -0.25) is 0 Å². The van der Waals surface area contributed by atoms with Crippen molar-refractivity contribution in [2.75, 3.05) is 20.7 Å². The first-order chi connectivity index (χ1) is 7.87. The summed E-state index contributed by atoms with van der Waals surface area (Å²) in [6.45, 7) is 5.41. The lowest BCUT2D eigenvalue weighted by Crippen LogP contribution is -2.59. The van der Waals surface area contributed by atoms with Crippen molar-refractivity contribution < 1.29 is 4.74 Å². The van der Waals surface area contributed by atoms with Crippen LogP contribution in [0.25, 0.3) is 0 Å². The van der Waals surface area contributed by atoms with E-state index in [-0.39, 0.29) is 17.2 Å². The van der Waals surface area contributed by atoms with Gasteiger partial charge in [0.2, 0.25) is 0 Å². The zero-order valence-corrected chi connectivity index (χ0v) is 11.8. The van der Waals surface area contributed by atoms with Crippen LogP contribution in [-0.4, -0.2) is 42.8 Å². The zero-order valence-electron chi connectivity index (χ0n) is 11.8. The summed E-state index contributed by atoms with van der Waals surface area (Å²) in [6.07, 6.45) is 6.13. The van der Waals surface area contributed by atoms with Crippen molar-refractivity contribution in [2.24, 2.45) is 11.7 Å².